The Kier molecular flexibility index (Phi) is 6.59. The number of hydrogen-bond acceptors (Lipinski definition) is 6. The normalized spacial score (nSPS) is 13.7. The molecule has 1 aromatic rings. The summed E-state index contributed by atoms with van der Waals surface area (Å²) in [5, 5.41) is -5.89. The predicted molar refractivity (Wildman–Crippen MR) is 79.0 cm³/mol. The molecular weight excluding hydrogens is 406 g/mol. The summed E-state index contributed by atoms with van der Waals surface area (Å²) in [5.41, 5.74) is -0.624. The molecule has 2 radical (unpaired) electrons. The molecular formula is C13H10BF5O7S. The molecule has 27 heavy (non-hydrogen) atoms. The SMILES string of the molecule is [B]Cc1ccc(C(=O)OC(C(F)(F)F)C(F)(F)S(=O)(=O)O)c(OC(C)=O)c1. The molecule has 0 amide bonds. The van der Waals surface area contributed by atoms with Gasteiger partial charge in [-0.15, -0.1) is 0 Å². The van der Waals surface area contributed by atoms with Crippen LogP contribution < -0.4 is 4.74 Å². The Labute approximate surface area is 150 Å². The summed E-state index contributed by atoms with van der Waals surface area (Å²) in [5.74, 6) is -3.74. The summed E-state index contributed by atoms with van der Waals surface area (Å²) in [6, 6.07) is 2.86. The Morgan fingerprint density at radius 2 is 1.78 bits per heavy atom. The second-order valence-corrected chi connectivity index (χ2v) is 6.49. The second-order valence-electron chi connectivity index (χ2n) is 4.99. The van der Waals surface area contributed by atoms with Gasteiger partial charge in [-0.2, -0.15) is 30.4 Å². The largest absolute Gasteiger partial charge is 0.441 e. The van der Waals surface area contributed by atoms with E-state index < -0.39 is 50.9 Å². The Morgan fingerprint density at radius 3 is 2.19 bits per heavy atom. The molecule has 14 heteroatoms. The molecule has 0 fully saturated rings. The summed E-state index contributed by atoms with van der Waals surface area (Å²) in [6.45, 7) is 0.884. The maximum atomic E-state index is 13.5. The Morgan fingerprint density at radius 1 is 1.22 bits per heavy atom. The van der Waals surface area contributed by atoms with Gasteiger partial charge in [-0.25, -0.2) is 4.79 Å². The minimum absolute atomic E-state index is 0.129. The summed E-state index contributed by atoms with van der Waals surface area (Å²) in [7, 11) is -1.27. The third kappa shape index (κ3) is 5.38. The number of benzene rings is 1. The molecule has 0 spiro atoms. The number of carbonyl (C=O) groups is 2. The Bertz CT molecular complexity index is 838. The zero-order valence-electron chi connectivity index (χ0n) is 13.3. The first-order valence-corrected chi connectivity index (χ1v) is 8.19. The van der Waals surface area contributed by atoms with E-state index in [0.717, 1.165) is 25.1 Å². The van der Waals surface area contributed by atoms with Crippen molar-refractivity contribution in [2.24, 2.45) is 0 Å². The maximum Gasteiger partial charge on any atom is 0.432 e. The van der Waals surface area contributed by atoms with Crippen LogP contribution in [-0.2, 0) is 26.0 Å². The van der Waals surface area contributed by atoms with Crippen molar-refractivity contribution in [1.82, 2.24) is 0 Å². The molecule has 7 nitrogen and oxygen atoms in total. The first-order valence-electron chi connectivity index (χ1n) is 6.75. The number of esters is 2. The summed E-state index contributed by atoms with van der Waals surface area (Å²) >= 11 is 0. The highest BCUT2D eigenvalue weighted by Gasteiger charge is 2.66. The van der Waals surface area contributed by atoms with Crippen molar-refractivity contribution in [2.45, 2.75) is 30.8 Å². The van der Waals surface area contributed by atoms with Gasteiger partial charge in [-0.1, -0.05) is 17.9 Å². The number of hydrogen-bond donors (Lipinski definition) is 1. The van der Waals surface area contributed by atoms with Crippen LogP contribution in [-0.4, -0.2) is 50.3 Å². The van der Waals surface area contributed by atoms with Crippen molar-refractivity contribution in [3.63, 3.8) is 0 Å². The van der Waals surface area contributed by atoms with Gasteiger partial charge in [0.1, 0.15) is 11.3 Å². The first kappa shape index (κ1) is 22.8. The van der Waals surface area contributed by atoms with E-state index in [0.29, 0.717) is 0 Å². The minimum Gasteiger partial charge on any atom is -0.441 e. The molecule has 148 valence electrons. The molecule has 1 aromatic carbocycles. The number of ether oxygens (including phenoxy) is 2. The van der Waals surface area contributed by atoms with E-state index in [2.05, 4.69) is 9.47 Å². The molecule has 0 bridgehead atoms. The molecule has 0 aliphatic heterocycles. The van der Waals surface area contributed by atoms with Crippen LogP contribution in [0.15, 0.2) is 18.2 Å². The van der Waals surface area contributed by atoms with E-state index in [9.17, 15) is 40.0 Å². The van der Waals surface area contributed by atoms with E-state index in [1.807, 2.05) is 0 Å². The zero-order chi connectivity index (χ0) is 21.2. The molecule has 0 aliphatic rings. The molecule has 0 saturated carbocycles. The number of halogens is 5. The lowest BCUT2D eigenvalue weighted by atomic mass is 9.96. The summed E-state index contributed by atoms with van der Waals surface area (Å²) in [4.78, 5) is 23.0. The smallest absolute Gasteiger partial charge is 0.432 e. The standard InChI is InChI=1S/C13H10BF5O7S/c1-6(20)25-9-4-7(5-14)2-3-8(9)10(21)26-11(12(15,16)17)13(18,19)27(22,23)24/h2-4,11H,5H2,1H3,(H,22,23,24). The highest BCUT2D eigenvalue weighted by Crippen LogP contribution is 2.39. The molecule has 0 aliphatic carbocycles. The van der Waals surface area contributed by atoms with Gasteiger partial charge in [-0.05, 0) is 12.1 Å². The van der Waals surface area contributed by atoms with E-state index >= 15 is 0 Å². The van der Waals surface area contributed by atoms with Gasteiger partial charge in [0.15, 0.2) is 0 Å². The van der Waals surface area contributed by atoms with E-state index in [1.54, 1.807) is 0 Å². The molecule has 1 atom stereocenters. The fourth-order valence-corrected chi connectivity index (χ4v) is 2.19. The lowest BCUT2D eigenvalue weighted by Gasteiger charge is -2.26. The van der Waals surface area contributed by atoms with Gasteiger partial charge in [0.2, 0.25) is 0 Å². The van der Waals surface area contributed by atoms with Gasteiger partial charge >= 0.3 is 33.5 Å². The van der Waals surface area contributed by atoms with Crippen LogP contribution in [0.5, 0.6) is 5.75 Å². The molecule has 0 aromatic heterocycles. The van der Waals surface area contributed by atoms with Gasteiger partial charge in [0, 0.05) is 6.92 Å². The average molecular weight is 416 g/mol. The first-order chi connectivity index (χ1) is 12.1. The van der Waals surface area contributed by atoms with Crippen LogP contribution in [0.2, 0.25) is 0 Å². The summed E-state index contributed by atoms with van der Waals surface area (Å²) in [6.07, 6.45) is -10.7. The second kappa shape index (κ2) is 7.80. The topological polar surface area (TPSA) is 107 Å². The fourth-order valence-electron chi connectivity index (χ4n) is 1.73. The van der Waals surface area contributed by atoms with Gasteiger partial charge in [-0.3, -0.25) is 9.35 Å². The zero-order valence-corrected chi connectivity index (χ0v) is 14.1. The molecule has 1 unspecified atom stereocenters. The molecule has 1 rings (SSSR count). The predicted octanol–water partition coefficient (Wildman–Crippen LogP) is 1.85. The number of carbonyl (C=O) groups excluding carboxylic acids is 2. The monoisotopic (exact) mass is 416 g/mol. The quantitative estimate of drug-likeness (QED) is 0.248. The van der Waals surface area contributed by atoms with E-state index in [4.69, 9.17) is 12.4 Å². The van der Waals surface area contributed by atoms with Crippen molar-refractivity contribution < 1.29 is 54.0 Å². The van der Waals surface area contributed by atoms with Crippen LogP contribution in [0.3, 0.4) is 0 Å². The molecule has 1 N–H and O–H groups in total. The third-order valence-corrected chi connectivity index (χ3v) is 3.83. The van der Waals surface area contributed by atoms with Crippen molar-refractivity contribution >= 4 is 29.9 Å². The van der Waals surface area contributed by atoms with Crippen molar-refractivity contribution in [3.05, 3.63) is 29.3 Å². The van der Waals surface area contributed by atoms with Crippen molar-refractivity contribution in [1.29, 1.82) is 0 Å². The van der Waals surface area contributed by atoms with E-state index in [-0.39, 0.29) is 11.9 Å². The Balaban J connectivity index is 3.37. The summed E-state index contributed by atoms with van der Waals surface area (Å²) < 4.78 is 103. The lowest BCUT2D eigenvalue weighted by Crippen LogP contribution is -2.52. The average Bonchev–Trinajstić information content (AvgIpc) is 2.49. The Hall–Kier alpha value is -2.22. The highest BCUT2D eigenvalue weighted by molar-refractivity contribution is 7.86. The van der Waals surface area contributed by atoms with Gasteiger partial charge in [0.25, 0.3) is 6.10 Å². The van der Waals surface area contributed by atoms with Crippen molar-refractivity contribution in [2.75, 3.05) is 0 Å². The van der Waals surface area contributed by atoms with Gasteiger partial charge < -0.3 is 9.47 Å². The number of rotatable bonds is 6. The van der Waals surface area contributed by atoms with Crippen LogP contribution in [0.4, 0.5) is 22.0 Å². The van der Waals surface area contributed by atoms with Crippen LogP contribution >= 0.6 is 0 Å². The lowest BCUT2D eigenvalue weighted by molar-refractivity contribution is -0.248. The molecule has 0 heterocycles. The van der Waals surface area contributed by atoms with Crippen molar-refractivity contribution in [3.8, 4) is 5.75 Å². The minimum atomic E-state index is -6.58. The maximum absolute atomic E-state index is 13.5. The van der Waals surface area contributed by atoms with E-state index in [1.165, 1.54) is 0 Å². The van der Waals surface area contributed by atoms with Crippen LogP contribution in [0.1, 0.15) is 22.8 Å². The fraction of sp³-hybridized carbons (Fsp3) is 0.385. The van der Waals surface area contributed by atoms with Crippen LogP contribution in [0.25, 0.3) is 0 Å². The number of alkyl halides is 5. The van der Waals surface area contributed by atoms with Gasteiger partial charge in [0.05, 0.1) is 7.85 Å². The highest BCUT2D eigenvalue weighted by atomic mass is 32.2. The molecule has 0 saturated heterocycles. The third-order valence-electron chi connectivity index (χ3n) is 2.93. The van der Waals surface area contributed by atoms with Crippen LogP contribution in [0, 0.1) is 0 Å².